The Labute approximate surface area is 191 Å². The van der Waals surface area contributed by atoms with Crippen molar-refractivity contribution < 1.29 is 15.3 Å². The molecule has 0 aliphatic carbocycles. The van der Waals surface area contributed by atoms with Crippen molar-refractivity contribution in [2.75, 3.05) is 11.4 Å². The zero-order valence-electron chi connectivity index (χ0n) is 19.2. The van der Waals surface area contributed by atoms with Crippen LogP contribution in [-0.2, 0) is 6.54 Å². The Hall–Kier alpha value is -1.92. The number of hydrogen-bond donors (Lipinski definition) is 3. The number of aliphatic hydroxyl groups is 3. The van der Waals surface area contributed by atoms with Crippen molar-refractivity contribution in [3.63, 3.8) is 0 Å². The second-order valence-electron chi connectivity index (χ2n) is 7.89. The van der Waals surface area contributed by atoms with Crippen molar-refractivity contribution in [3.05, 3.63) is 70.6 Å². The van der Waals surface area contributed by atoms with Crippen LogP contribution < -0.4 is 4.90 Å². The number of rotatable bonds is 12. The Morgan fingerprint density at radius 2 is 1.71 bits per heavy atom. The molecular weight excluding hydrogens is 406 g/mol. The standard InChI is InChI=1S/C26H37NO3S/c1-5-18-27(19-20-11-13-22(14-12-20)25(28)29)24-16-15-23(31-24)21(6-2)10-9-17-26(30,7-3)8-4/h9-17,25,28-30H,5-8,18-19H2,1-4H3. The van der Waals surface area contributed by atoms with Gasteiger partial charge >= 0.3 is 0 Å². The van der Waals surface area contributed by atoms with Gasteiger partial charge in [-0.3, -0.25) is 0 Å². The number of nitrogens with zero attached hydrogens (tertiary/aromatic N) is 1. The van der Waals surface area contributed by atoms with Crippen LogP contribution in [0.3, 0.4) is 0 Å². The van der Waals surface area contributed by atoms with Gasteiger partial charge in [-0.15, -0.1) is 11.3 Å². The summed E-state index contributed by atoms with van der Waals surface area (Å²) >= 11 is 1.79. The van der Waals surface area contributed by atoms with Gasteiger partial charge in [-0.25, -0.2) is 0 Å². The lowest BCUT2D eigenvalue weighted by atomic mass is 9.97. The number of thiophene rings is 1. The average Bonchev–Trinajstić information content (AvgIpc) is 3.26. The summed E-state index contributed by atoms with van der Waals surface area (Å²) in [5.74, 6) is 0. The van der Waals surface area contributed by atoms with Crippen LogP contribution in [0.4, 0.5) is 5.00 Å². The van der Waals surface area contributed by atoms with Crippen molar-refractivity contribution in [2.45, 2.75) is 71.8 Å². The van der Waals surface area contributed by atoms with Crippen molar-refractivity contribution in [1.82, 2.24) is 0 Å². The van der Waals surface area contributed by atoms with Gasteiger partial charge in [0.25, 0.3) is 0 Å². The molecule has 31 heavy (non-hydrogen) atoms. The van der Waals surface area contributed by atoms with Crippen LogP contribution in [0.2, 0.25) is 0 Å². The van der Waals surface area contributed by atoms with Crippen molar-refractivity contribution >= 4 is 21.9 Å². The minimum atomic E-state index is -1.43. The summed E-state index contributed by atoms with van der Waals surface area (Å²) in [7, 11) is 0. The third-order valence-electron chi connectivity index (χ3n) is 5.67. The SMILES string of the molecule is CCCN(Cc1ccc(C(O)O)cc1)c1ccc(C(=CC=CC(O)(CC)CC)CC)s1. The van der Waals surface area contributed by atoms with E-state index in [1.807, 2.05) is 38.1 Å². The molecule has 0 amide bonds. The molecular formula is C26H37NO3S. The molecule has 1 aromatic carbocycles. The van der Waals surface area contributed by atoms with Gasteiger partial charge in [-0.2, -0.15) is 0 Å². The first-order chi connectivity index (χ1) is 14.9. The zero-order valence-corrected chi connectivity index (χ0v) is 20.0. The summed E-state index contributed by atoms with van der Waals surface area (Å²) in [4.78, 5) is 3.62. The second-order valence-corrected chi connectivity index (χ2v) is 8.95. The minimum Gasteiger partial charge on any atom is -0.386 e. The molecule has 0 radical (unpaired) electrons. The van der Waals surface area contributed by atoms with Gasteiger partial charge in [0.15, 0.2) is 6.29 Å². The fraction of sp³-hybridized carbons (Fsp3) is 0.462. The van der Waals surface area contributed by atoms with Crippen molar-refractivity contribution in [3.8, 4) is 0 Å². The summed E-state index contributed by atoms with van der Waals surface area (Å²) in [6, 6.07) is 11.8. The molecule has 0 fully saturated rings. The highest BCUT2D eigenvalue weighted by Gasteiger charge is 2.17. The summed E-state index contributed by atoms with van der Waals surface area (Å²) in [5.41, 5.74) is 2.18. The van der Waals surface area contributed by atoms with E-state index < -0.39 is 11.9 Å². The first-order valence-corrected chi connectivity index (χ1v) is 12.1. The predicted octanol–water partition coefficient (Wildman–Crippen LogP) is 6.05. The van der Waals surface area contributed by atoms with E-state index in [4.69, 9.17) is 0 Å². The van der Waals surface area contributed by atoms with E-state index in [-0.39, 0.29) is 0 Å². The molecule has 0 bridgehead atoms. The minimum absolute atomic E-state index is 0.507. The molecule has 0 unspecified atom stereocenters. The van der Waals surface area contributed by atoms with Crippen molar-refractivity contribution in [1.29, 1.82) is 0 Å². The Morgan fingerprint density at radius 1 is 1.03 bits per heavy atom. The molecule has 3 N–H and O–H groups in total. The summed E-state index contributed by atoms with van der Waals surface area (Å²) in [6.07, 6.45) is 7.99. The average molecular weight is 444 g/mol. The highest BCUT2D eigenvalue weighted by atomic mass is 32.1. The molecule has 0 aliphatic rings. The molecule has 2 rings (SSSR count). The molecule has 0 spiro atoms. The van der Waals surface area contributed by atoms with Gasteiger partial charge in [-0.05, 0) is 49.0 Å². The number of anilines is 1. The predicted molar refractivity (Wildman–Crippen MR) is 132 cm³/mol. The van der Waals surface area contributed by atoms with E-state index in [0.717, 1.165) is 31.5 Å². The zero-order chi connectivity index (χ0) is 22.9. The molecule has 0 saturated carbocycles. The summed E-state index contributed by atoms with van der Waals surface area (Å²) in [5, 5.41) is 30.3. The van der Waals surface area contributed by atoms with Crippen LogP contribution in [0.15, 0.2) is 54.6 Å². The normalized spacial score (nSPS) is 12.8. The molecule has 170 valence electrons. The van der Waals surface area contributed by atoms with E-state index in [9.17, 15) is 15.3 Å². The highest BCUT2D eigenvalue weighted by molar-refractivity contribution is 7.17. The molecule has 0 atom stereocenters. The Kier molecular flexibility index (Phi) is 9.97. The maximum Gasteiger partial charge on any atom is 0.178 e. The third kappa shape index (κ3) is 7.32. The van der Waals surface area contributed by atoms with E-state index in [0.29, 0.717) is 18.4 Å². The molecule has 0 aliphatic heterocycles. The lowest BCUT2D eigenvalue weighted by molar-refractivity contribution is -0.0424. The van der Waals surface area contributed by atoms with Crippen LogP contribution in [0, 0.1) is 0 Å². The topological polar surface area (TPSA) is 63.9 Å². The number of benzene rings is 1. The molecule has 2 aromatic rings. The molecule has 4 nitrogen and oxygen atoms in total. The fourth-order valence-electron chi connectivity index (χ4n) is 3.43. The maximum atomic E-state index is 10.5. The van der Waals surface area contributed by atoms with Crippen LogP contribution in [0.1, 0.15) is 75.7 Å². The van der Waals surface area contributed by atoms with E-state index in [1.54, 1.807) is 23.5 Å². The number of aliphatic hydroxyl groups excluding tert-OH is 1. The second kappa shape index (κ2) is 12.2. The van der Waals surface area contributed by atoms with Gasteiger partial charge in [0.05, 0.1) is 10.6 Å². The molecule has 1 aromatic heterocycles. The quantitative estimate of drug-likeness (QED) is 0.276. The Bertz CT molecular complexity index is 848. The molecule has 0 saturated heterocycles. The lowest BCUT2D eigenvalue weighted by Crippen LogP contribution is -2.22. The maximum absolute atomic E-state index is 10.5. The van der Waals surface area contributed by atoms with Gasteiger partial charge in [0.1, 0.15) is 0 Å². The smallest absolute Gasteiger partial charge is 0.178 e. The largest absolute Gasteiger partial charge is 0.386 e. The first-order valence-electron chi connectivity index (χ1n) is 11.3. The van der Waals surface area contributed by atoms with Crippen LogP contribution in [0.25, 0.3) is 5.57 Å². The Balaban J connectivity index is 2.19. The fourth-order valence-corrected chi connectivity index (χ4v) is 4.55. The Morgan fingerprint density at radius 3 is 2.26 bits per heavy atom. The number of hydrogen-bond acceptors (Lipinski definition) is 5. The van der Waals surface area contributed by atoms with Crippen molar-refractivity contribution in [2.24, 2.45) is 0 Å². The van der Waals surface area contributed by atoms with Gasteiger partial charge in [0.2, 0.25) is 0 Å². The van der Waals surface area contributed by atoms with Crippen LogP contribution >= 0.6 is 11.3 Å². The summed E-state index contributed by atoms with van der Waals surface area (Å²) < 4.78 is 0. The third-order valence-corrected chi connectivity index (χ3v) is 6.90. The van der Waals surface area contributed by atoms with E-state index in [2.05, 4.69) is 37.0 Å². The van der Waals surface area contributed by atoms with E-state index in [1.165, 1.54) is 15.5 Å². The van der Waals surface area contributed by atoms with Gasteiger partial charge in [-0.1, -0.05) is 70.2 Å². The number of allylic oxidation sites excluding steroid dienone is 3. The summed E-state index contributed by atoms with van der Waals surface area (Å²) in [6.45, 7) is 10.1. The highest BCUT2D eigenvalue weighted by Crippen LogP contribution is 2.33. The first kappa shape index (κ1) is 25.3. The van der Waals surface area contributed by atoms with Crippen LogP contribution in [-0.4, -0.2) is 27.5 Å². The van der Waals surface area contributed by atoms with Gasteiger partial charge < -0.3 is 20.2 Å². The van der Waals surface area contributed by atoms with Crippen LogP contribution in [0.5, 0.6) is 0 Å². The lowest BCUT2D eigenvalue weighted by Gasteiger charge is -2.23. The monoisotopic (exact) mass is 443 g/mol. The molecule has 5 heteroatoms. The van der Waals surface area contributed by atoms with E-state index >= 15 is 0 Å². The van der Waals surface area contributed by atoms with Gasteiger partial charge in [0, 0.05) is 23.5 Å². The molecule has 1 heterocycles.